The van der Waals surface area contributed by atoms with E-state index in [1.165, 1.54) is 0 Å². The second-order valence-electron chi connectivity index (χ2n) is 5.90. The molecule has 1 aromatic rings. The van der Waals surface area contributed by atoms with Crippen LogP contribution in [0.3, 0.4) is 0 Å². The van der Waals surface area contributed by atoms with Gasteiger partial charge in [-0.3, -0.25) is 0 Å². The van der Waals surface area contributed by atoms with Gasteiger partial charge < -0.3 is 10.4 Å². The van der Waals surface area contributed by atoms with Gasteiger partial charge in [-0.25, -0.2) is 4.79 Å². The molecular formula is C14H19NO2. The summed E-state index contributed by atoms with van der Waals surface area (Å²) in [5, 5.41) is 12.3. The fourth-order valence-corrected chi connectivity index (χ4v) is 2.43. The number of benzene rings is 1. The highest BCUT2D eigenvalue weighted by atomic mass is 16.4. The lowest BCUT2D eigenvalue weighted by Crippen LogP contribution is -2.10. The van der Waals surface area contributed by atoms with Gasteiger partial charge in [0.1, 0.15) is 0 Å². The number of carboxylic acid groups (broad SMARTS) is 1. The first-order valence-electron chi connectivity index (χ1n) is 5.87. The number of carbonyl (C=O) groups is 1. The Kier molecular flexibility index (Phi) is 2.45. The quantitative estimate of drug-likeness (QED) is 0.842. The minimum atomic E-state index is -0.886. The molecule has 2 N–H and O–H groups in total. The molecule has 0 amide bonds. The normalized spacial score (nSPS) is 20.9. The van der Waals surface area contributed by atoms with E-state index in [0.717, 1.165) is 5.69 Å². The third-order valence-electron chi connectivity index (χ3n) is 4.46. The summed E-state index contributed by atoms with van der Waals surface area (Å²) in [6.07, 6.45) is 0. The number of carboxylic acids is 1. The topological polar surface area (TPSA) is 49.3 Å². The Morgan fingerprint density at radius 1 is 1.12 bits per heavy atom. The molecule has 2 rings (SSSR count). The number of anilines is 1. The first kappa shape index (κ1) is 12.0. The maximum atomic E-state index is 10.7. The molecule has 0 aromatic heterocycles. The summed E-state index contributed by atoms with van der Waals surface area (Å²) in [5.41, 5.74) is 1.86. The monoisotopic (exact) mass is 233 g/mol. The van der Waals surface area contributed by atoms with Crippen LogP contribution >= 0.6 is 0 Å². The van der Waals surface area contributed by atoms with Gasteiger partial charge in [0.15, 0.2) is 0 Å². The molecule has 1 aromatic carbocycles. The Balaban J connectivity index is 2.09. The van der Waals surface area contributed by atoms with Crippen LogP contribution in [-0.4, -0.2) is 17.1 Å². The van der Waals surface area contributed by atoms with Crippen molar-refractivity contribution < 1.29 is 9.90 Å². The molecule has 0 spiro atoms. The minimum absolute atomic E-state index is 0.276. The lowest BCUT2D eigenvalue weighted by Gasteiger charge is -2.08. The molecule has 0 radical (unpaired) electrons. The average Bonchev–Trinajstić information content (AvgIpc) is 2.62. The van der Waals surface area contributed by atoms with E-state index in [-0.39, 0.29) is 10.8 Å². The summed E-state index contributed by atoms with van der Waals surface area (Å²) in [6.45, 7) is 8.99. The summed E-state index contributed by atoms with van der Waals surface area (Å²) in [6, 6.07) is 7.35. The Labute approximate surface area is 102 Å². The number of aromatic carboxylic acids is 1. The van der Waals surface area contributed by atoms with Crippen molar-refractivity contribution in [2.75, 3.05) is 5.32 Å². The summed E-state index contributed by atoms with van der Waals surface area (Å²) >= 11 is 0. The Morgan fingerprint density at radius 2 is 1.59 bits per heavy atom. The average molecular weight is 233 g/mol. The van der Waals surface area contributed by atoms with Crippen LogP contribution in [0.15, 0.2) is 24.3 Å². The van der Waals surface area contributed by atoms with Gasteiger partial charge in [-0.1, -0.05) is 27.7 Å². The van der Waals surface area contributed by atoms with Crippen molar-refractivity contribution >= 4 is 11.7 Å². The molecule has 3 nitrogen and oxygen atoms in total. The maximum Gasteiger partial charge on any atom is 0.335 e. The van der Waals surface area contributed by atoms with Crippen molar-refractivity contribution in [1.82, 2.24) is 0 Å². The molecule has 0 heterocycles. The Bertz CT molecular complexity index is 432. The van der Waals surface area contributed by atoms with Gasteiger partial charge in [0, 0.05) is 11.7 Å². The maximum absolute atomic E-state index is 10.7. The molecule has 0 aliphatic heterocycles. The standard InChI is InChI=1S/C14H19NO2/c1-13(2)12(14(13,3)4)15-10-7-5-9(6-8-10)11(16)17/h5-8,12,15H,1-4H3,(H,16,17). The van der Waals surface area contributed by atoms with E-state index in [1.807, 2.05) is 12.1 Å². The van der Waals surface area contributed by atoms with Crippen molar-refractivity contribution in [2.24, 2.45) is 10.8 Å². The zero-order valence-corrected chi connectivity index (χ0v) is 10.7. The summed E-state index contributed by atoms with van der Waals surface area (Å²) in [5.74, 6) is -0.886. The minimum Gasteiger partial charge on any atom is -0.478 e. The molecule has 1 aliphatic carbocycles. The van der Waals surface area contributed by atoms with Gasteiger partial charge in [-0.05, 0) is 35.1 Å². The van der Waals surface area contributed by atoms with Crippen LogP contribution in [0.2, 0.25) is 0 Å². The molecule has 0 saturated heterocycles. The third kappa shape index (κ3) is 1.79. The second-order valence-corrected chi connectivity index (χ2v) is 5.90. The fraction of sp³-hybridized carbons (Fsp3) is 0.500. The van der Waals surface area contributed by atoms with Crippen LogP contribution in [0, 0.1) is 10.8 Å². The van der Waals surface area contributed by atoms with Gasteiger partial charge in [0.05, 0.1) is 5.56 Å². The molecule has 1 fully saturated rings. The van der Waals surface area contributed by atoms with Crippen molar-refractivity contribution in [2.45, 2.75) is 33.7 Å². The molecule has 92 valence electrons. The zero-order chi connectivity index (χ0) is 12.8. The second kappa shape index (κ2) is 3.49. The summed E-state index contributed by atoms with van der Waals surface area (Å²) in [7, 11) is 0. The van der Waals surface area contributed by atoms with Crippen molar-refractivity contribution in [3.63, 3.8) is 0 Å². The number of hydrogen-bond acceptors (Lipinski definition) is 2. The van der Waals surface area contributed by atoms with Gasteiger partial charge in [0.2, 0.25) is 0 Å². The van der Waals surface area contributed by atoms with Crippen LogP contribution in [0.4, 0.5) is 5.69 Å². The molecular weight excluding hydrogens is 214 g/mol. The molecule has 0 atom stereocenters. The number of hydrogen-bond donors (Lipinski definition) is 2. The number of rotatable bonds is 3. The third-order valence-corrected chi connectivity index (χ3v) is 4.46. The van der Waals surface area contributed by atoms with Crippen molar-refractivity contribution in [3.05, 3.63) is 29.8 Å². The molecule has 1 aliphatic rings. The van der Waals surface area contributed by atoms with E-state index >= 15 is 0 Å². The Hall–Kier alpha value is -1.51. The van der Waals surface area contributed by atoms with Crippen LogP contribution in [0.5, 0.6) is 0 Å². The predicted molar refractivity (Wildman–Crippen MR) is 68.4 cm³/mol. The first-order valence-corrected chi connectivity index (χ1v) is 5.87. The highest BCUT2D eigenvalue weighted by molar-refractivity contribution is 5.88. The van der Waals surface area contributed by atoms with E-state index in [1.54, 1.807) is 12.1 Å². The predicted octanol–water partition coefficient (Wildman–Crippen LogP) is 3.23. The SMILES string of the molecule is CC1(C)C(Nc2ccc(C(=O)O)cc2)C1(C)C. The molecule has 0 unspecified atom stereocenters. The van der Waals surface area contributed by atoms with Crippen LogP contribution in [0.1, 0.15) is 38.1 Å². The van der Waals surface area contributed by atoms with E-state index in [4.69, 9.17) is 5.11 Å². The highest BCUT2D eigenvalue weighted by Gasteiger charge is 2.64. The van der Waals surface area contributed by atoms with Crippen molar-refractivity contribution in [1.29, 1.82) is 0 Å². The molecule has 1 saturated carbocycles. The van der Waals surface area contributed by atoms with E-state index in [0.29, 0.717) is 11.6 Å². The summed E-state index contributed by atoms with van der Waals surface area (Å²) < 4.78 is 0. The van der Waals surface area contributed by atoms with Gasteiger partial charge in [-0.2, -0.15) is 0 Å². The lowest BCUT2D eigenvalue weighted by atomic mass is 10.0. The van der Waals surface area contributed by atoms with Gasteiger partial charge in [-0.15, -0.1) is 0 Å². The highest BCUT2D eigenvalue weighted by Crippen LogP contribution is 2.63. The smallest absolute Gasteiger partial charge is 0.335 e. The van der Waals surface area contributed by atoms with E-state index in [9.17, 15) is 4.79 Å². The molecule has 3 heteroatoms. The van der Waals surface area contributed by atoms with E-state index < -0.39 is 5.97 Å². The van der Waals surface area contributed by atoms with Gasteiger partial charge >= 0.3 is 5.97 Å². The largest absolute Gasteiger partial charge is 0.478 e. The van der Waals surface area contributed by atoms with Crippen LogP contribution < -0.4 is 5.32 Å². The molecule has 17 heavy (non-hydrogen) atoms. The molecule has 0 bridgehead atoms. The van der Waals surface area contributed by atoms with Gasteiger partial charge in [0.25, 0.3) is 0 Å². The van der Waals surface area contributed by atoms with Crippen molar-refractivity contribution in [3.8, 4) is 0 Å². The number of nitrogens with one attached hydrogen (secondary N) is 1. The van der Waals surface area contributed by atoms with Crippen LogP contribution in [0.25, 0.3) is 0 Å². The van der Waals surface area contributed by atoms with Crippen LogP contribution in [-0.2, 0) is 0 Å². The fourth-order valence-electron chi connectivity index (χ4n) is 2.43. The lowest BCUT2D eigenvalue weighted by molar-refractivity contribution is 0.0697. The Morgan fingerprint density at radius 3 is 1.94 bits per heavy atom. The zero-order valence-electron chi connectivity index (χ0n) is 10.7. The summed E-state index contributed by atoms with van der Waals surface area (Å²) in [4.78, 5) is 10.7. The van der Waals surface area contributed by atoms with E-state index in [2.05, 4.69) is 33.0 Å². The first-order chi connectivity index (χ1) is 7.76.